The van der Waals surface area contributed by atoms with Crippen LogP contribution in [0, 0.1) is 0 Å². The number of hydrogen-bond acceptors (Lipinski definition) is 2. The summed E-state index contributed by atoms with van der Waals surface area (Å²) in [6, 6.07) is 8.64. The standard InChI is InChI=1S/C22H27N3O/c26-22(13-18-10-9-17-7-3-4-8-19(17)18)24-11-12-25-21(15-24)20(14-23-25)16-5-1-2-6-16/h3-4,7-8,14,16,18H,1-2,5-6,9-13,15H2. The van der Waals surface area contributed by atoms with E-state index in [1.165, 1.54) is 48.1 Å². The van der Waals surface area contributed by atoms with Crippen molar-refractivity contribution >= 4 is 5.91 Å². The van der Waals surface area contributed by atoms with Gasteiger partial charge in [0.2, 0.25) is 5.91 Å². The van der Waals surface area contributed by atoms with Crippen molar-refractivity contribution in [3.05, 3.63) is 52.8 Å². The predicted molar refractivity (Wildman–Crippen MR) is 101 cm³/mol. The number of benzene rings is 1. The van der Waals surface area contributed by atoms with Gasteiger partial charge in [0.25, 0.3) is 0 Å². The Morgan fingerprint density at radius 2 is 1.92 bits per heavy atom. The van der Waals surface area contributed by atoms with Crippen LogP contribution in [0.1, 0.15) is 72.7 Å². The molecule has 4 nitrogen and oxygen atoms in total. The zero-order valence-electron chi connectivity index (χ0n) is 15.4. The molecule has 0 radical (unpaired) electrons. The summed E-state index contributed by atoms with van der Waals surface area (Å²) in [5.74, 6) is 1.38. The van der Waals surface area contributed by atoms with Crippen molar-refractivity contribution in [2.45, 2.75) is 69.9 Å². The molecule has 0 spiro atoms. The van der Waals surface area contributed by atoms with Crippen molar-refractivity contribution in [2.75, 3.05) is 6.54 Å². The van der Waals surface area contributed by atoms with Crippen LogP contribution in [0.25, 0.3) is 0 Å². The molecule has 4 heteroatoms. The van der Waals surface area contributed by atoms with Crippen LogP contribution in [-0.4, -0.2) is 27.1 Å². The minimum absolute atomic E-state index is 0.316. The monoisotopic (exact) mass is 349 g/mol. The topological polar surface area (TPSA) is 38.1 Å². The van der Waals surface area contributed by atoms with Gasteiger partial charge >= 0.3 is 0 Å². The van der Waals surface area contributed by atoms with E-state index in [4.69, 9.17) is 0 Å². The van der Waals surface area contributed by atoms with Crippen LogP contribution in [0.15, 0.2) is 30.5 Å². The van der Waals surface area contributed by atoms with Gasteiger partial charge in [-0.05, 0) is 54.2 Å². The molecule has 2 aromatic rings. The van der Waals surface area contributed by atoms with E-state index in [1.54, 1.807) is 0 Å². The van der Waals surface area contributed by atoms with Crippen LogP contribution in [0.5, 0.6) is 0 Å². The maximum Gasteiger partial charge on any atom is 0.223 e. The lowest BCUT2D eigenvalue weighted by Gasteiger charge is -2.30. The first-order chi connectivity index (χ1) is 12.8. The molecule has 2 heterocycles. The Morgan fingerprint density at radius 1 is 1.08 bits per heavy atom. The van der Waals surface area contributed by atoms with Crippen LogP contribution < -0.4 is 0 Å². The number of carbonyl (C=O) groups is 1. The quantitative estimate of drug-likeness (QED) is 0.840. The van der Waals surface area contributed by atoms with Gasteiger partial charge < -0.3 is 4.90 Å². The Labute approximate surface area is 155 Å². The fraction of sp³-hybridized carbons (Fsp3) is 0.545. The second-order valence-electron chi connectivity index (χ2n) is 8.20. The van der Waals surface area contributed by atoms with Crippen molar-refractivity contribution in [1.29, 1.82) is 0 Å². The predicted octanol–water partition coefficient (Wildman–Crippen LogP) is 4.00. The smallest absolute Gasteiger partial charge is 0.223 e. The summed E-state index contributed by atoms with van der Waals surface area (Å²) < 4.78 is 2.14. The zero-order valence-corrected chi connectivity index (χ0v) is 15.4. The molecule has 3 aliphatic rings. The SMILES string of the molecule is O=C(CC1CCc2ccccc21)N1CCn2ncc(C3CCCC3)c2C1. The van der Waals surface area contributed by atoms with E-state index in [-0.39, 0.29) is 0 Å². The molecule has 1 amide bonds. The molecule has 0 bridgehead atoms. The first-order valence-electron chi connectivity index (χ1n) is 10.2. The molecule has 0 N–H and O–H groups in total. The van der Waals surface area contributed by atoms with Gasteiger partial charge in [-0.25, -0.2) is 0 Å². The van der Waals surface area contributed by atoms with E-state index in [0.717, 1.165) is 32.5 Å². The number of rotatable bonds is 3. The van der Waals surface area contributed by atoms with Crippen LogP contribution >= 0.6 is 0 Å². The van der Waals surface area contributed by atoms with Crippen LogP contribution in [-0.2, 0) is 24.3 Å². The number of carbonyl (C=O) groups excluding carboxylic acids is 1. The molecule has 2 aliphatic carbocycles. The van der Waals surface area contributed by atoms with Crippen molar-refractivity contribution < 1.29 is 4.79 Å². The average molecular weight is 349 g/mol. The second-order valence-corrected chi connectivity index (χ2v) is 8.20. The minimum atomic E-state index is 0.316. The third-order valence-corrected chi connectivity index (χ3v) is 6.73. The maximum atomic E-state index is 13.0. The summed E-state index contributed by atoms with van der Waals surface area (Å²) in [6.45, 7) is 2.39. The Morgan fingerprint density at radius 3 is 2.81 bits per heavy atom. The molecule has 26 heavy (non-hydrogen) atoms. The van der Waals surface area contributed by atoms with Crippen molar-refractivity contribution in [3.63, 3.8) is 0 Å². The lowest BCUT2D eigenvalue weighted by Crippen LogP contribution is -2.39. The lowest BCUT2D eigenvalue weighted by atomic mass is 9.96. The summed E-state index contributed by atoms with van der Waals surface area (Å²) in [5, 5.41) is 4.61. The molecule has 1 aliphatic heterocycles. The summed E-state index contributed by atoms with van der Waals surface area (Å²) in [6.07, 6.45) is 10.2. The Kier molecular flexibility index (Phi) is 4.07. The Bertz CT molecular complexity index is 819. The number of fused-ring (bicyclic) bond motifs is 2. The van der Waals surface area contributed by atoms with Crippen LogP contribution in [0.2, 0.25) is 0 Å². The molecule has 1 aromatic carbocycles. The molecule has 0 saturated heterocycles. The number of aromatic nitrogens is 2. The van der Waals surface area contributed by atoms with E-state index in [1.807, 2.05) is 0 Å². The van der Waals surface area contributed by atoms with Gasteiger partial charge in [-0.15, -0.1) is 0 Å². The van der Waals surface area contributed by atoms with E-state index >= 15 is 0 Å². The van der Waals surface area contributed by atoms with Gasteiger partial charge in [-0.2, -0.15) is 5.10 Å². The average Bonchev–Trinajstić information content (AvgIpc) is 3.40. The highest BCUT2D eigenvalue weighted by Gasteiger charge is 2.31. The molecule has 136 valence electrons. The molecule has 1 saturated carbocycles. The zero-order chi connectivity index (χ0) is 17.5. The fourth-order valence-electron chi connectivity index (χ4n) is 5.25. The van der Waals surface area contributed by atoms with Gasteiger partial charge in [0.15, 0.2) is 0 Å². The summed E-state index contributed by atoms with van der Waals surface area (Å²) in [7, 11) is 0. The van der Waals surface area contributed by atoms with Gasteiger partial charge in [0.05, 0.1) is 25.0 Å². The number of hydrogen-bond donors (Lipinski definition) is 0. The van der Waals surface area contributed by atoms with Crippen LogP contribution in [0.4, 0.5) is 0 Å². The lowest BCUT2D eigenvalue weighted by molar-refractivity contribution is -0.133. The molecule has 5 rings (SSSR count). The molecule has 1 fully saturated rings. The largest absolute Gasteiger partial charge is 0.335 e. The number of nitrogens with zero attached hydrogens (tertiary/aromatic N) is 3. The van der Waals surface area contributed by atoms with Crippen molar-refractivity contribution in [3.8, 4) is 0 Å². The van der Waals surface area contributed by atoms with Crippen molar-refractivity contribution in [1.82, 2.24) is 14.7 Å². The Hall–Kier alpha value is -2.10. The normalized spacial score (nSPS) is 22.5. The third kappa shape index (κ3) is 2.76. The molecular weight excluding hydrogens is 322 g/mol. The van der Waals surface area contributed by atoms with Gasteiger partial charge in [0.1, 0.15) is 0 Å². The Balaban J connectivity index is 1.30. The van der Waals surface area contributed by atoms with Gasteiger partial charge in [-0.1, -0.05) is 37.1 Å². The minimum Gasteiger partial charge on any atom is -0.335 e. The van der Waals surface area contributed by atoms with E-state index in [9.17, 15) is 4.79 Å². The molecule has 1 atom stereocenters. The second kappa shape index (κ2) is 6.57. The number of amides is 1. The maximum absolute atomic E-state index is 13.0. The fourth-order valence-corrected chi connectivity index (χ4v) is 5.25. The summed E-state index contributed by atoms with van der Waals surface area (Å²) >= 11 is 0. The van der Waals surface area contributed by atoms with E-state index in [2.05, 4.69) is 45.1 Å². The van der Waals surface area contributed by atoms with Gasteiger partial charge in [0, 0.05) is 13.0 Å². The highest BCUT2D eigenvalue weighted by atomic mass is 16.2. The number of aryl methyl sites for hydroxylation is 1. The first kappa shape index (κ1) is 16.1. The van der Waals surface area contributed by atoms with Gasteiger partial charge in [-0.3, -0.25) is 9.48 Å². The van der Waals surface area contributed by atoms with E-state index < -0.39 is 0 Å². The molecule has 1 unspecified atom stereocenters. The molecular formula is C22H27N3O. The summed E-state index contributed by atoms with van der Waals surface area (Å²) in [5.41, 5.74) is 5.54. The van der Waals surface area contributed by atoms with E-state index in [0.29, 0.717) is 24.2 Å². The highest BCUT2D eigenvalue weighted by molar-refractivity contribution is 5.77. The molecule has 1 aromatic heterocycles. The first-order valence-corrected chi connectivity index (χ1v) is 10.2. The van der Waals surface area contributed by atoms with Crippen molar-refractivity contribution in [2.24, 2.45) is 0 Å². The third-order valence-electron chi connectivity index (χ3n) is 6.73. The summed E-state index contributed by atoms with van der Waals surface area (Å²) in [4.78, 5) is 15.1. The van der Waals surface area contributed by atoms with Crippen LogP contribution in [0.3, 0.4) is 0 Å². The highest BCUT2D eigenvalue weighted by Crippen LogP contribution is 2.38.